The fraction of sp³-hybridized carbons (Fsp3) is 0.333. The van der Waals surface area contributed by atoms with Gasteiger partial charge in [0.15, 0.2) is 5.82 Å². The topological polar surface area (TPSA) is 56.7 Å². The molecule has 0 saturated carbocycles. The summed E-state index contributed by atoms with van der Waals surface area (Å²) in [6.07, 6.45) is 0.852. The Kier molecular flexibility index (Phi) is 3.01. The van der Waals surface area contributed by atoms with Crippen molar-refractivity contribution in [3.05, 3.63) is 42.0 Å². The highest BCUT2D eigenvalue weighted by atomic mass is 15.3. The van der Waals surface area contributed by atoms with Gasteiger partial charge in [-0.1, -0.05) is 25.1 Å². The van der Waals surface area contributed by atoms with Crippen LogP contribution in [-0.2, 0) is 0 Å². The summed E-state index contributed by atoms with van der Waals surface area (Å²) in [5.74, 6) is 1.69. The first kappa shape index (κ1) is 10.8. The first-order valence-electron chi connectivity index (χ1n) is 5.47. The highest BCUT2D eigenvalue weighted by Crippen LogP contribution is 2.18. The highest BCUT2D eigenvalue weighted by molar-refractivity contribution is 5.34. The molecule has 0 fully saturated rings. The van der Waals surface area contributed by atoms with Gasteiger partial charge >= 0.3 is 0 Å². The third-order valence-electron chi connectivity index (χ3n) is 2.64. The van der Waals surface area contributed by atoms with Crippen molar-refractivity contribution < 1.29 is 0 Å². The van der Waals surface area contributed by atoms with Crippen LogP contribution in [0.4, 0.5) is 0 Å². The van der Waals surface area contributed by atoms with Crippen LogP contribution in [-0.4, -0.2) is 14.8 Å². The van der Waals surface area contributed by atoms with Crippen LogP contribution in [0.3, 0.4) is 0 Å². The molecule has 0 bridgehead atoms. The van der Waals surface area contributed by atoms with Crippen LogP contribution in [0.15, 0.2) is 30.3 Å². The Balaban J connectivity index is 2.52. The quantitative estimate of drug-likeness (QED) is 0.853. The average Bonchev–Trinajstić information content (AvgIpc) is 2.71. The minimum atomic E-state index is -0.0681. The molecule has 0 amide bonds. The van der Waals surface area contributed by atoms with Gasteiger partial charge < -0.3 is 5.73 Å². The van der Waals surface area contributed by atoms with E-state index in [1.54, 1.807) is 0 Å². The Morgan fingerprint density at radius 1 is 1.25 bits per heavy atom. The van der Waals surface area contributed by atoms with Crippen molar-refractivity contribution in [1.29, 1.82) is 0 Å². The molecule has 84 valence electrons. The molecule has 2 rings (SSSR count). The van der Waals surface area contributed by atoms with Crippen molar-refractivity contribution in [3.63, 3.8) is 0 Å². The Morgan fingerprint density at radius 2 is 1.94 bits per heavy atom. The molecule has 4 nitrogen and oxygen atoms in total. The van der Waals surface area contributed by atoms with Gasteiger partial charge in [-0.05, 0) is 25.5 Å². The predicted molar refractivity (Wildman–Crippen MR) is 63.3 cm³/mol. The van der Waals surface area contributed by atoms with Crippen molar-refractivity contribution >= 4 is 0 Å². The Bertz CT molecular complexity index is 461. The van der Waals surface area contributed by atoms with Gasteiger partial charge in [-0.25, -0.2) is 0 Å². The van der Waals surface area contributed by atoms with E-state index in [2.05, 4.69) is 10.2 Å². The number of aryl methyl sites for hydroxylation is 1. The molecule has 2 N–H and O–H groups in total. The molecule has 0 radical (unpaired) electrons. The van der Waals surface area contributed by atoms with E-state index in [1.165, 1.54) is 0 Å². The Morgan fingerprint density at radius 3 is 2.56 bits per heavy atom. The molecule has 1 unspecified atom stereocenters. The predicted octanol–water partition coefficient (Wildman–Crippen LogP) is 1.99. The van der Waals surface area contributed by atoms with Crippen LogP contribution in [0.5, 0.6) is 0 Å². The first-order valence-corrected chi connectivity index (χ1v) is 5.47. The first-order chi connectivity index (χ1) is 7.74. The molecule has 0 aliphatic rings. The van der Waals surface area contributed by atoms with Crippen LogP contribution in [0.1, 0.15) is 31.0 Å². The molecule has 1 atom stereocenters. The fourth-order valence-electron chi connectivity index (χ4n) is 1.70. The lowest BCUT2D eigenvalue weighted by Crippen LogP contribution is -2.15. The lowest BCUT2D eigenvalue weighted by atomic mass is 10.2. The maximum atomic E-state index is 6.02. The number of para-hydroxylation sites is 1. The maximum Gasteiger partial charge on any atom is 0.154 e. The fourth-order valence-corrected chi connectivity index (χ4v) is 1.70. The van der Waals surface area contributed by atoms with Crippen molar-refractivity contribution in [2.24, 2.45) is 5.73 Å². The summed E-state index contributed by atoms with van der Waals surface area (Å²) in [6, 6.07) is 9.97. The molecule has 0 saturated heterocycles. The molecule has 4 heteroatoms. The number of hydrogen-bond acceptors (Lipinski definition) is 3. The van der Waals surface area contributed by atoms with E-state index in [4.69, 9.17) is 5.73 Å². The summed E-state index contributed by atoms with van der Waals surface area (Å²) >= 11 is 0. The lowest BCUT2D eigenvalue weighted by Gasteiger charge is -2.12. The van der Waals surface area contributed by atoms with Crippen molar-refractivity contribution in [3.8, 4) is 5.69 Å². The number of nitrogens with zero attached hydrogens (tertiary/aromatic N) is 3. The second kappa shape index (κ2) is 4.45. The summed E-state index contributed by atoms with van der Waals surface area (Å²) in [4.78, 5) is 0. The molecule has 1 heterocycles. The van der Waals surface area contributed by atoms with Gasteiger partial charge in [-0.15, -0.1) is 10.2 Å². The van der Waals surface area contributed by atoms with Crippen molar-refractivity contribution in [2.75, 3.05) is 0 Å². The van der Waals surface area contributed by atoms with E-state index in [0.717, 1.165) is 23.8 Å². The van der Waals surface area contributed by atoms with Crippen LogP contribution in [0.25, 0.3) is 5.69 Å². The summed E-state index contributed by atoms with van der Waals surface area (Å²) < 4.78 is 2.01. The largest absolute Gasteiger partial charge is 0.321 e. The van der Waals surface area contributed by atoms with Gasteiger partial charge in [0.05, 0.1) is 6.04 Å². The smallest absolute Gasteiger partial charge is 0.154 e. The van der Waals surface area contributed by atoms with Crippen molar-refractivity contribution in [1.82, 2.24) is 14.8 Å². The van der Waals surface area contributed by atoms with E-state index in [0.29, 0.717) is 0 Å². The van der Waals surface area contributed by atoms with E-state index >= 15 is 0 Å². The molecule has 1 aromatic carbocycles. The van der Waals surface area contributed by atoms with Gasteiger partial charge in [-0.3, -0.25) is 4.57 Å². The van der Waals surface area contributed by atoms with Gasteiger partial charge in [0.2, 0.25) is 0 Å². The lowest BCUT2D eigenvalue weighted by molar-refractivity contribution is 0.632. The van der Waals surface area contributed by atoms with E-state index in [1.807, 2.05) is 48.7 Å². The second-order valence-corrected chi connectivity index (χ2v) is 3.79. The highest BCUT2D eigenvalue weighted by Gasteiger charge is 2.15. The third-order valence-corrected chi connectivity index (χ3v) is 2.64. The Labute approximate surface area is 95.1 Å². The summed E-state index contributed by atoms with van der Waals surface area (Å²) in [5.41, 5.74) is 7.08. The molecule has 0 spiro atoms. The van der Waals surface area contributed by atoms with Crippen molar-refractivity contribution in [2.45, 2.75) is 26.3 Å². The molecular formula is C12H16N4. The minimum absolute atomic E-state index is 0.0681. The van der Waals surface area contributed by atoms with Crippen LogP contribution in [0.2, 0.25) is 0 Å². The summed E-state index contributed by atoms with van der Waals surface area (Å²) in [5, 5.41) is 8.25. The number of benzene rings is 1. The number of rotatable bonds is 3. The van der Waals surface area contributed by atoms with E-state index in [-0.39, 0.29) is 6.04 Å². The molecular weight excluding hydrogens is 200 g/mol. The standard InChI is InChI=1S/C12H16N4/c1-3-11(13)12-15-14-9(2)16(12)10-7-5-4-6-8-10/h4-8,11H,3,13H2,1-2H3. The third kappa shape index (κ3) is 1.84. The minimum Gasteiger partial charge on any atom is -0.321 e. The van der Waals surface area contributed by atoms with E-state index < -0.39 is 0 Å². The van der Waals surface area contributed by atoms with Gasteiger partial charge in [0.1, 0.15) is 5.82 Å². The number of aromatic nitrogens is 3. The average molecular weight is 216 g/mol. The van der Waals surface area contributed by atoms with Crippen LogP contribution < -0.4 is 5.73 Å². The molecule has 16 heavy (non-hydrogen) atoms. The zero-order valence-electron chi connectivity index (χ0n) is 9.59. The summed E-state index contributed by atoms with van der Waals surface area (Å²) in [6.45, 7) is 3.98. The normalized spacial score (nSPS) is 12.7. The van der Waals surface area contributed by atoms with Crippen LogP contribution >= 0.6 is 0 Å². The second-order valence-electron chi connectivity index (χ2n) is 3.79. The molecule has 2 aromatic rings. The maximum absolute atomic E-state index is 6.02. The van der Waals surface area contributed by atoms with Gasteiger partial charge in [-0.2, -0.15) is 0 Å². The molecule has 0 aliphatic heterocycles. The molecule has 1 aromatic heterocycles. The Hall–Kier alpha value is -1.68. The van der Waals surface area contributed by atoms with Crippen LogP contribution in [0, 0.1) is 6.92 Å². The van der Waals surface area contributed by atoms with Gasteiger partial charge in [0.25, 0.3) is 0 Å². The van der Waals surface area contributed by atoms with E-state index in [9.17, 15) is 0 Å². The monoisotopic (exact) mass is 216 g/mol. The zero-order chi connectivity index (χ0) is 11.5. The SMILES string of the molecule is CCC(N)c1nnc(C)n1-c1ccccc1. The molecule has 0 aliphatic carbocycles. The number of hydrogen-bond donors (Lipinski definition) is 1. The number of nitrogens with two attached hydrogens (primary N) is 1. The van der Waals surface area contributed by atoms with Gasteiger partial charge in [0, 0.05) is 5.69 Å². The zero-order valence-corrected chi connectivity index (χ0v) is 9.59. The summed E-state index contributed by atoms with van der Waals surface area (Å²) in [7, 11) is 0.